The molecule has 1 aliphatic rings. The van der Waals surface area contributed by atoms with Crippen molar-refractivity contribution in [2.75, 3.05) is 18.5 Å². The van der Waals surface area contributed by atoms with Crippen molar-refractivity contribution in [3.63, 3.8) is 0 Å². The molecule has 168 valence electrons. The lowest BCUT2D eigenvalue weighted by Gasteiger charge is -2.16. The molecule has 0 radical (unpaired) electrons. The zero-order valence-electron chi connectivity index (χ0n) is 17.5. The summed E-state index contributed by atoms with van der Waals surface area (Å²) in [5, 5.41) is 11.1. The summed E-state index contributed by atoms with van der Waals surface area (Å²) in [7, 11) is 1.70. The number of hydrogen-bond donors (Lipinski definition) is 2. The number of amides is 1. The Morgan fingerprint density at radius 3 is 2.50 bits per heavy atom. The quantitative estimate of drug-likeness (QED) is 0.266. The minimum atomic E-state index is 0. The summed E-state index contributed by atoms with van der Waals surface area (Å²) in [6.45, 7) is 1.73. The molecule has 3 aromatic rings. The zero-order valence-corrected chi connectivity index (χ0v) is 20.6. The smallest absolute Gasteiger partial charge is 0.246 e. The van der Waals surface area contributed by atoms with Crippen molar-refractivity contribution in [3.05, 3.63) is 65.0 Å². The van der Waals surface area contributed by atoms with E-state index in [1.54, 1.807) is 19.2 Å². The molecular formula is C22H24ClIN6O2. The number of aliphatic imine (C=N–C) groups is 1. The molecule has 2 N–H and O–H groups in total. The fourth-order valence-electron chi connectivity index (χ4n) is 3.32. The van der Waals surface area contributed by atoms with Crippen LogP contribution in [0.2, 0.25) is 5.02 Å². The molecule has 0 aliphatic carbocycles. The van der Waals surface area contributed by atoms with Gasteiger partial charge in [0.25, 0.3) is 0 Å². The third-order valence-electron chi connectivity index (χ3n) is 4.98. The number of benzene rings is 2. The number of carbonyl (C=O) groups excluding carboxylic acids is 1. The van der Waals surface area contributed by atoms with Crippen LogP contribution < -0.4 is 15.5 Å². The molecule has 1 fully saturated rings. The van der Waals surface area contributed by atoms with E-state index in [9.17, 15) is 4.79 Å². The lowest BCUT2D eigenvalue weighted by atomic mass is 10.2. The Morgan fingerprint density at radius 1 is 1.12 bits per heavy atom. The molecule has 0 unspecified atom stereocenters. The van der Waals surface area contributed by atoms with Crippen LogP contribution in [0.4, 0.5) is 5.69 Å². The van der Waals surface area contributed by atoms with E-state index < -0.39 is 0 Å². The number of nitrogens with one attached hydrogen (secondary N) is 2. The predicted octanol–water partition coefficient (Wildman–Crippen LogP) is 4.00. The maximum atomic E-state index is 11.9. The van der Waals surface area contributed by atoms with Crippen molar-refractivity contribution >= 4 is 53.1 Å². The Bertz CT molecular complexity index is 1070. The Hall–Kier alpha value is -2.66. The van der Waals surface area contributed by atoms with E-state index in [-0.39, 0.29) is 29.9 Å². The molecule has 2 aromatic carbocycles. The van der Waals surface area contributed by atoms with E-state index in [4.69, 9.17) is 16.1 Å². The normalized spacial score (nSPS) is 13.8. The topological polar surface area (TPSA) is 95.7 Å². The van der Waals surface area contributed by atoms with E-state index in [0.29, 0.717) is 42.2 Å². The highest BCUT2D eigenvalue weighted by atomic mass is 127. The van der Waals surface area contributed by atoms with Crippen LogP contribution in [0, 0.1) is 0 Å². The first-order chi connectivity index (χ1) is 15.1. The second-order valence-electron chi connectivity index (χ2n) is 7.11. The molecule has 0 spiro atoms. The van der Waals surface area contributed by atoms with Crippen molar-refractivity contribution in [3.8, 4) is 11.4 Å². The van der Waals surface area contributed by atoms with Crippen LogP contribution in [-0.2, 0) is 17.9 Å². The summed E-state index contributed by atoms with van der Waals surface area (Å²) in [6.07, 6.45) is 1.55. The van der Waals surface area contributed by atoms with Gasteiger partial charge in [0.15, 0.2) is 5.96 Å². The average molecular weight is 567 g/mol. The van der Waals surface area contributed by atoms with Crippen LogP contribution in [0.15, 0.2) is 58.0 Å². The Morgan fingerprint density at radius 2 is 1.84 bits per heavy atom. The molecule has 1 amide bonds. The zero-order chi connectivity index (χ0) is 21.6. The van der Waals surface area contributed by atoms with Gasteiger partial charge in [-0.15, -0.1) is 24.0 Å². The van der Waals surface area contributed by atoms with Gasteiger partial charge in [0, 0.05) is 42.8 Å². The van der Waals surface area contributed by atoms with Gasteiger partial charge in [0.05, 0.1) is 6.54 Å². The molecule has 8 nitrogen and oxygen atoms in total. The van der Waals surface area contributed by atoms with Gasteiger partial charge in [-0.3, -0.25) is 9.79 Å². The van der Waals surface area contributed by atoms with Gasteiger partial charge in [0.1, 0.15) is 0 Å². The highest BCUT2D eigenvalue weighted by Crippen LogP contribution is 2.21. The maximum Gasteiger partial charge on any atom is 0.246 e. The maximum absolute atomic E-state index is 11.9. The van der Waals surface area contributed by atoms with Gasteiger partial charge >= 0.3 is 0 Å². The Labute approximate surface area is 208 Å². The van der Waals surface area contributed by atoms with Gasteiger partial charge in [0.2, 0.25) is 17.6 Å². The first-order valence-corrected chi connectivity index (χ1v) is 10.4. The molecule has 0 saturated carbocycles. The van der Waals surface area contributed by atoms with Crippen LogP contribution in [0.5, 0.6) is 0 Å². The second kappa shape index (κ2) is 11.3. The van der Waals surface area contributed by atoms with Gasteiger partial charge in [-0.25, -0.2) is 0 Å². The summed E-state index contributed by atoms with van der Waals surface area (Å²) < 4.78 is 5.31. The van der Waals surface area contributed by atoms with Crippen LogP contribution >= 0.6 is 35.6 Å². The number of nitrogens with zero attached hydrogens (tertiary/aromatic N) is 4. The molecule has 32 heavy (non-hydrogen) atoms. The van der Waals surface area contributed by atoms with Gasteiger partial charge in [-0.1, -0.05) is 28.9 Å². The molecule has 0 bridgehead atoms. The molecular weight excluding hydrogens is 543 g/mol. The van der Waals surface area contributed by atoms with E-state index >= 15 is 0 Å². The average Bonchev–Trinajstić information content (AvgIpc) is 3.44. The van der Waals surface area contributed by atoms with E-state index in [2.05, 4.69) is 25.8 Å². The number of aromatic nitrogens is 2. The third-order valence-corrected chi connectivity index (χ3v) is 5.23. The lowest BCUT2D eigenvalue weighted by Crippen LogP contribution is -2.36. The first-order valence-electron chi connectivity index (χ1n) is 10.0. The largest absolute Gasteiger partial charge is 0.352 e. The number of halogens is 2. The molecule has 1 saturated heterocycles. The standard InChI is InChI=1S/C22H23ClN6O2.HI/c1-24-22(25-13-15-4-10-18(11-5-15)29-12-2-3-20(29)30)26-14-19-27-21(28-31-19)16-6-8-17(23)9-7-16;/h4-11H,2-3,12-14H2,1H3,(H2,24,25,26);1H. The number of hydrogen-bond acceptors (Lipinski definition) is 5. The molecule has 4 rings (SSSR count). The van der Waals surface area contributed by atoms with Crippen molar-refractivity contribution in [1.29, 1.82) is 0 Å². The minimum Gasteiger partial charge on any atom is -0.352 e. The van der Waals surface area contributed by atoms with E-state index in [0.717, 1.165) is 29.8 Å². The Balaban J connectivity index is 0.00000289. The fraction of sp³-hybridized carbons (Fsp3) is 0.273. The summed E-state index contributed by atoms with van der Waals surface area (Å²) in [5.74, 6) is 1.77. The van der Waals surface area contributed by atoms with E-state index in [1.165, 1.54) is 0 Å². The van der Waals surface area contributed by atoms with Crippen molar-refractivity contribution in [2.45, 2.75) is 25.9 Å². The monoisotopic (exact) mass is 566 g/mol. The van der Waals surface area contributed by atoms with Gasteiger partial charge < -0.3 is 20.1 Å². The van der Waals surface area contributed by atoms with E-state index in [1.807, 2.05) is 41.3 Å². The molecule has 0 atom stereocenters. The van der Waals surface area contributed by atoms with Crippen LogP contribution in [0.1, 0.15) is 24.3 Å². The van der Waals surface area contributed by atoms with Crippen molar-refractivity contribution in [1.82, 2.24) is 20.8 Å². The fourth-order valence-corrected chi connectivity index (χ4v) is 3.45. The highest BCUT2D eigenvalue weighted by Gasteiger charge is 2.21. The summed E-state index contributed by atoms with van der Waals surface area (Å²) >= 11 is 5.91. The van der Waals surface area contributed by atoms with Crippen LogP contribution in [-0.4, -0.2) is 35.6 Å². The lowest BCUT2D eigenvalue weighted by molar-refractivity contribution is -0.117. The SMILES string of the molecule is CN=C(NCc1ccc(N2CCCC2=O)cc1)NCc1nc(-c2ccc(Cl)cc2)no1.I. The number of anilines is 1. The van der Waals surface area contributed by atoms with Crippen molar-refractivity contribution < 1.29 is 9.32 Å². The molecule has 2 heterocycles. The molecule has 1 aliphatic heterocycles. The van der Waals surface area contributed by atoms with Crippen LogP contribution in [0.3, 0.4) is 0 Å². The predicted molar refractivity (Wildman–Crippen MR) is 135 cm³/mol. The summed E-state index contributed by atoms with van der Waals surface area (Å²) in [5.41, 5.74) is 2.86. The minimum absolute atomic E-state index is 0. The summed E-state index contributed by atoms with van der Waals surface area (Å²) in [6, 6.07) is 15.2. The van der Waals surface area contributed by atoms with Gasteiger partial charge in [-0.05, 0) is 48.4 Å². The number of guanidine groups is 1. The Kier molecular flexibility index (Phi) is 8.46. The highest BCUT2D eigenvalue weighted by molar-refractivity contribution is 14.0. The number of carbonyl (C=O) groups is 1. The third kappa shape index (κ3) is 5.98. The second-order valence-corrected chi connectivity index (χ2v) is 7.55. The van der Waals surface area contributed by atoms with Gasteiger partial charge in [-0.2, -0.15) is 4.98 Å². The number of rotatable bonds is 6. The van der Waals surface area contributed by atoms with Crippen LogP contribution in [0.25, 0.3) is 11.4 Å². The molecule has 10 heteroatoms. The molecule has 1 aromatic heterocycles. The van der Waals surface area contributed by atoms with Crippen molar-refractivity contribution in [2.24, 2.45) is 4.99 Å². The first kappa shape index (κ1) is 24.0. The summed E-state index contributed by atoms with van der Waals surface area (Å²) in [4.78, 5) is 22.3.